The number of ether oxygens (including phenoxy) is 4. The molecular formula is C24H33N3O6. The summed E-state index contributed by atoms with van der Waals surface area (Å²) in [5.74, 6) is 2.36. The quantitative estimate of drug-likeness (QED) is 0.525. The van der Waals surface area contributed by atoms with Crippen LogP contribution >= 0.6 is 0 Å². The van der Waals surface area contributed by atoms with Crippen molar-refractivity contribution < 1.29 is 28.8 Å². The Morgan fingerprint density at radius 3 is 2.18 bits per heavy atom. The Labute approximate surface area is 194 Å². The van der Waals surface area contributed by atoms with Gasteiger partial charge in [-0.25, -0.2) is 0 Å². The fraction of sp³-hybridized carbons (Fsp3) is 0.458. The lowest BCUT2D eigenvalue weighted by Crippen LogP contribution is -2.50. The molecule has 1 fully saturated rings. The van der Waals surface area contributed by atoms with Gasteiger partial charge in [-0.15, -0.1) is 0 Å². The highest BCUT2D eigenvalue weighted by Crippen LogP contribution is 2.29. The molecule has 0 saturated carbocycles. The van der Waals surface area contributed by atoms with Crippen LogP contribution in [0, 0.1) is 0 Å². The van der Waals surface area contributed by atoms with E-state index in [9.17, 15) is 9.90 Å². The first-order valence-electron chi connectivity index (χ1n) is 10.9. The Kier molecular flexibility index (Phi) is 9.17. The molecule has 1 heterocycles. The Bertz CT molecular complexity index is 902. The second kappa shape index (κ2) is 12.3. The van der Waals surface area contributed by atoms with Gasteiger partial charge in [0.1, 0.15) is 12.7 Å². The van der Waals surface area contributed by atoms with E-state index >= 15 is 0 Å². The number of rotatable bonds is 11. The first-order chi connectivity index (χ1) is 16.0. The highest BCUT2D eigenvalue weighted by molar-refractivity contribution is 5.92. The Balaban J connectivity index is 1.38. The van der Waals surface area contributed by atoms with Gasteiger partial charge < -0.3 is 29.4 Å². The molecule has 2 aromatic rings. The summed E-state index contributed by atoms with van der Waals surface area (Å²) >= 11 is 0. The molecule has 0 bridgehead atoms. The summed E-state index contributed by atoms with van der Waals surface area (Å²) < 4.78 is 21.5. The van der Waals surface area contributed by atoms with Gasteiger partial charge >= 0.3 is 0 Å². The van der Waals surface area contributed by atoms with Crippen LogP contribution in [-0.2, 0) is 4.79 Å². The van der Waals surface area contributed by atoms with Crippen LogP contribution in [0.2, 0.25) is 0 Å². The number of carbonyl (C=O) groups excluding carboxylic acids is 1. The van der Waals surface area contributed by atoms with Crippen LogP contribution < -0.4 is 24.3 Å². The topological polar surface area (TPSA) is 92.7 Å². The number of benzene rings is 2. The lowest BCUT2D eigenvalue weighted by atomic mass is 10.2. The van der Waals surface area contributed by atoms with E-state index in [-0.39, 0.29) is 12.5 Å². The van der Waals surface area contributed by atoms with Gasteiger partial charge in [-0.2, -0.15) is 0 Å². The van der Waals surface area contributed by atoms with Gasteiger partial charge in [0.25, 0.3) is 0 Å². The van der Waals surface area contributed by atoms with Crippen LogP contribution in [0.25, 0.3) is 0 Å². The first kappa shape index (κ1) is 24.6. The van der Waals surface area contributed by atoms with Crippen molar-refractivity contribution >= 4 is 11.6 Å². The first-order valence-corrected chi connectivity index (χ1v) is 10.9. The van der Waals surface area contributed by atoms with Crippen molar-refractivity contribution in [3.8, 4) is 23.0 Å². The van der Waals surface area contributed by atoms with E-state index in [0.717, 1.165) is 26.2 Å². The number of hydrogen-bond acceptors (Lipinski definition) is 8. The third kappa shape index (κ3) is 7.24. The van der Waals surface area contributed by atoms with Gasteiger partial charge in [0.2, 0.25) is 5.91 Å². The average molecular weight is 460 g/mol. The second-order valence-corrected chi connectivity index (χ2v) is 7.81. The van der Waals surface area contributed by atoms with Gasteiger partial charge in [0, 0.05) is 44.5 Å². The van der Waals surface area contributed by atoms with Crippen LogP contribution in [0.3, 0.4) is 0 Å². The highest BCUT2D eigenvalue weighted by Gasteiger charge is 2.21. The summed E-state index contributed by atoms with van der Waals surface area (Å²) in [5.41, 5.74) is 0.662. The van der Waals surface area contributed by atoms with Gasteiger partial charge in [-0.1, -0.05) is 12.1 Å². The van der Waals surface area contributed by atoms with E-state index in [1.807, 2.05) is 24.3 Å². The number of nitrogens with one attached hydrogen (secondary N) is 1. The largest absolute Gasteiger partial charge is 0.493 e. The molecule has 33 heavy (non-hydrogen) atoms. The summed E-state index contributed by atoms with van der Waals surface area (Å²) in [4.78, 5) is 16.7. The summed E-state index contributed by atoms with van der Waals surface area (Å²) in [6, 6.07) is 12.7. The maximum Gasteiger partial charge on any atom is 0.238 e. The third-order valence-corrected chi connectivity index (χ3v) is 5.47. The van der Waals surface area contributed by atoms with E-state index in [2.05, 4.69) is 15.1 Å². The number of anilines is 1. The van der Waals surface area contributed by atoms with Crippen molar-refractivity contribution in [1.29, 1.82) is 0 Å². The van der Waals surface area contributed by atoms with Crippen molar-refractivity contribution in [1.82, 2.24) is 9.80 Å². The van der Waals surface area contributed by atoms with E-state index in [1.165, 1.54) is 0 Å². The lowest BCUT2D eigenvalue weighted by Gasteiger charge is -2.35. The molecule has 0 aromatic heterocycles. The Hall–Kier alpha value is -3.01. The molecule has 0 spiro atoms. The van der Waals surface area contributed by atoms with Crippen molar-refractivity contribution in [3.63, 3.8) is 0 Å². The molecule has 1 unspecified atom stereocenters. The number of aliphatic hydroxyl groups excluding tert-OH is 1. The fourth-order valence-electron chi connectivity index (χ4n) is 3.72. The SMILES string of the molecule is COc1ccc(NC(=O)CN2CCN(CC(O)COc3ccccc3OC)CC2)cc1OC. The maximum atomic E-state index is 12.5. The minimum atomic E-state index is -0.616. The van der Waals surface area contributed by atoms with Gasteiger partial charge in [0.05, 0.1) is 27.9 Å². The van der Waals surface area contributed by atoms with Crippen molar-refractivity contribution in [2.75, 3.05) is 72.5 Å². The minimum Gasteiger partial charge on any atom is -0.493 e. The molecule has 1 amide bonds. The number of nitrogens with zero attached hydrogens (tertiary/aromatic N) is 2. The molecule has 1 saturated heterocycles. The number of methoxy groups -OCH3 is 3. The predicted octanol–water partition coefficient (Wildman–Crippen LogP) is 1.71. The van der Waals surface area contributed by atoms with Gasteiger partial charge in [-0.3, -0.25) is 14.6 Å². The molecule has 1 aliphatic heterocycles. The number of β-amino-alcohol motifs (C(OH)–C–C–N with tert-alkyl or cyclic N) is 1. The lowest BCUT2D eigenvalue weighted by molar-refractivity contribution is -0.117. The molecule has 2 aromatic carbocycles. The van der Waals surface area contributed by atoms with Gasteiger partial charge in [-0.05, 0) is 24.3 Å². The maximum absolute atomic E-state index is 12.5. The van der Waals surface area contributed by atoms with Crippen molar-refractivity contribution in [3.05, 3.63) is 42.5 Å². The number of piperazine rings is 1. The normalized spacial score (nSPS) is 15.5. The van der Waals surface area contributed by atoms with Crippen LogP contribution in [-0.4, -0.2) is 94.1 Å². The zero-order chi connectivity index (χ0) is 23.6. The number of carbonyl (C=O) groups is 1. The summed E-state index contributed by atoms with van der Waals surface area (Å²) in [6.45, 7) is 4.06. The standard InChI is InChI=1S/C24H33N3O6/c1-30-20-6-4-5-7-22(20)33-17-19(28)15-26-10-12-27(13-11-26)16-24(29)25-18-8-9-21(31-2)23(14-18)32-3/h4-9,14,19,28H,10-13,15-17H2,1-3H3,(H,25,29). The smallest absolute Gasteiger partial charge is 0.238 e. The second-order valence-electron chi connectivity index (χ2n) is 7.81. The molecule has 0 aliphatic carbocycles. The molecule has 9 heteroatoms. The molecule has 3 rings (SSSR count). The van der Waals surface area contributed by atoms with Crippen LogP contribution in [0.4, 0.5) is 5.69 Å². The molecule has 180 valence electrons. The van der Waals surface area contributed by atoms with Crippen molar-refractivity contribution in [2.24, 2.45) is 0 Å². The molecule has 1 aliphatic rings. The molecule has 0 radical (unpaired) electrons. The van der Waals surface area contributed by atoms with Crippen molar-refractivity contribution in [2.45, 2.75) is 6.10 Å². The summed E-state index contributed by atoms with van der Waals surface area (Å²) in [5, 5.41) is 13.3. The number of aliphatic hydroxyl groups is 1. The Morgan fingerprint density at radius 2 is 1.52 bits per heavy atom. The zero-order valence-electron chi connectivity index (χ0n) is 19.5. The summed E-state index contributed by atoms with van der Waals surface area (Å²) in [7, 11) is 4.72. The average Bonchev–Trinajstić information content (AvgIpc) is 2.84. The monoisotopic (exact) mass is 459 g/mol. The fourth-order valence-corrected chi connectivity index (χ4v) is 3.72. The van der Waals surface area contributed by atoms with E-state index in [4.69, 9.17) is 18.9 Å². The minimum absolute atomic E-state index is 0.0825. The summed E-state index contributed by atoms with van der Waals surface area (Å²) in [6.07, 6.45) is -0.616. The van der Waals surface area contributed by atoms with E-state index < -0.39 is 6.10 Å². The van der Waals surface area contributed by atoms with Gasteiger partial charge in [0.15, 0.2) is 23.0 Å². The highest BCUT2D eigenvalue weighted by atomic mass is 16.5. The van der Waals surface area contributed by atoms with Crippen LogP contribution in [0.5, 0.6) is 23.0 Å². The molecular weight excluding hydrogens is 426 g/mol. The molecule has 2 N–H and O–H groups in total. The zero-order valence-corrected chi connectivity index (χ0v) is 19.5. The molecule has 1 atom stereocenters. The third-order valence-electron chi connectivity index (χ3n) is 5.47. The molecule has 9 nitrogen and oxygen atoms in total. The van der Waals surface area contributed by atoms with Crippen LogP contribution in [0.15, 0.2) is 42.5 Å². The number of hydrogen-bond donors (Lipinski definition) is 2. The van der Waals surface area contributed by atoms with Crippen LogP contribution in [0.1, 0.15) is 0 Å². The van der Waals surface area contributed by atoms with E-state index in [1.54, 1.807) is 39.5 Å². The number of amides is 1. The van der Waals surface area contributed by atoms with E-state index in [0.29, 0.717) is 41.8 Å². The number of para-hydroxylation sites is 2. The predicted molar refractivity (Wildman–Crippen MR) is 126 cm³/mol. The Morgan fingerprint density at radius 1 is 0.909 bits per heavy atom.